The summed E-state index contributed by atoms with van der Waals surface area (Å²) >= 11 is 0. The van der Waals surface area contributed by atoms with E-state index in [9.17, 15) is 9.90 Å². The summed E-state index contributed by atoms with van der Waals surface area (Å²) in [6, 6.07) is 9.65. The summed E-state index contributed by atoms with van der Waals surface area (Å²) in [6.45, 7) is 2.03. The lowest BCUT2D eigenvalue weighted by Crippen LogP contribution is -2.45. The lowest BCUT2D eigenvalue weighted by Gasteiger charge is -2.21. The SMILES string of the molecule is COC(=O)C(C)(O)CNCc1ccccc1-n1cccn1. The van der Waals surface area contributed by atoms with Gasteiger partial charge in [0.1, 0.15) is 0 Å². The van der Waals surface area contributed by atoms with Crippen LogP contribution in [-0.2, 0) is 16.1 Å². The second-order valence-corrected chi connectivity index (χ2v) is 4.95. The van der Waals surface area contributed by atoms with Crippen molar-refractivity contribution < 1.29 is 14.6 Å². The van der Waals surface area contributed by atoms with E-state index in [0.29, 0.717) is 6.54 Å². The van der Waals surface area contributed by atoms with Crippen LogP contribution in [0.3, 0.4) is 0 Å². The van der Waals surface area contributed by atoms with Crippen LogP contribution in [0.2, 0.25) is 0 Å². The highest BCUT2D eigenvalue weighted by Gasteiger charge is 2.30. The van der Waals surface area contributed by atoms with Gasteiger partial charge in [-0.2, -0.15) is 5.10 Å². The maximum atomic E-state index is 11.4. The van der Waals surface area contributed by atoms with E-state index in [0.717, 1.165) is 11.3 Å². The number of benzene rings is 1. The van der Waals surface area contributed by atoms with E-state index in [1.54, 1.807) is 10.9 Å². The molecule has 0 fully saturated rings. The van der Waals surface area contributed by atoms with Crippen molar-refractivity contribution in [3.05, 3.63) is 48.3 Å². The molecule has 0 saturated carbocycles. The van der Waals surface area contributed by atoms with Crippen LogP contribution in [0.5, 0.6) is 0 Å². The van der Waals surface area contributed by atoms with E-state index in [2.05, 4.69) is 15.2 Å². The molecule has 0 amide bonds. The van der Waals surface area contributed by atoms with Crippen molar-refractivity contribution in [3.63, 3.8) is 0 Å². The molecule has 0 saturated heterocycles. The first-order valence-electron chi connectivity index (χ1n) is 6.64. The van der Waals surface area contributed by atoms with E-state index >= 15 is 0 Å². The molecule has 6 nitrogen and oxygen atoms in total. The Morgan fingerprint density at radius 1 is 1.43 bits per heavy atom. The van der Waals surface area contributed by atoms with Gasteiger partial charge in [0.25, 0.3) is 0 Å². The Morgan fingerprint density at radius 3 is 2.86 bits per heavy atom. The van der Waals surface area contributed by atoms with Crippen molar-refractivity contribution in [2.45, 2.75) is 19.1 Å². The van der Waals surface area contributed by atoms with Gasteiger partial charge in [0, 0.05) is 25.5 Å². The number of aromatic nitrogens is 2. The van der Waals surface area contributed by atoms with Crippen LogP contribution in [0.1, 0.15) is 12.5 Å². The number of aliphatic hydroxyl groups is 1. The molecule has 1 aromatic carbocycles. The van der Waals surface area contributed by atoms with E-state index in [-0.39, 0.29) is 6.54 Å². The van der Waals surface area contributed by atoms with Crippen molar-refractivity contribution >= 4 is 5.97 Å². The molecule has 1 atom stereocenters. The predicted molar refractivity (Wildman–Crippen MR) is 77.9 cm³/mol. The second-order valence-electron chi connectivity index (χ2n) is 4.95. The summed E-state index contributed by atoms with van der Waals surface area (Å²) in [5.41, 5.74) is 0.421. The number of esters is 1. The van der Waals surface area contributed by atoms with E-state index in [1.165, 1.54) is 14.0 Å². The summed E-state index contributed by atoms with van der Waals surface area (Å²) in [4.78, 5) is 11.4. The van der Waals surface area contributed by atoms with Gasteiger partial charge in [-0.25, -0.2) is 9.48 Å². The quantitative estimate of drug-likeness (QED) is 0.772. The van der Waals surface area contributed by atoms with Gasteiger partial charge in [-0.15, -0.1) is 0 Å². The van der Waals surface area contributed by atoms with Crippen molar-refractivity contribution in [2.24, 2.45) is 0 Å². The Kier molecular flexibility index (Phi) is 4.72. The molecular formula is C15H19N3O3. The fourth-order valence-electron chi connectivity index (χ4n) is 2.03. The maximum absolute atomic E-state index is 11.4. The van der Waals surface area contributed by atoms with Crippen molar-refractivity contribution in [1.82, 2.24) is 15.1 Å². The minimum Gasteiger partial charge on any atom is -0.467 e. The Balaban J connectivity index is 2.03. The smallest absolute Gasteiger partial charge is 0.338 e. The third-order valence-corrected chi connectivity index (χ3v) is 3.15. The van der Waals surface area contributed by atoms with Crippen LogP contribution >= 0.6 is 0 Å². The van der Waals surface area contributed by atoms with E-state index in [1.807, 2.05) is 36.5 Å². The molecule has 0 aliphatic heterocycles. The second kappa shape index (κ2) is 6.51. The molecule has 1 unspecified atom stereocenters. The number of carbonyl (C=O) groups is 1. The molecule has 1 aromatic heterocycles. The number of rotatable bonds is 6. The summed E-state index contributed by atoms with van der Waals surface area (Å²) in [5.74, 6) is -0.657. The van der Waals surface area contributed by atoms with Crippen LogP contribution in [0.15, 0.2) is 42.7 Å². The Hall–Kier alpha value is -2.18. The zero-order chi connectivity index (χ0) is 15.3. The number of hydrogen-bond donors (Lipinski definition) is 2. The lowest BCUT2D eigenvalue weighted by atomic mass is 10.1. The number of nitrogens with zero attached hydrogens (tertiary/aromatic N) is 2. The largest absolute Gasteiger partial charge is 0.467 e. The van der Waals surface area contributed by atoms with Crippen molar-refractivity contribution in [3.8, 4) is 5.69 Å². The first-order valence-corrected chi connectivity index (χ1v) is 6.64. The standard InChI is InChI=1S/C15H19N3O3/c1-15(20,14(19)21-2)11-16-10-12-6-3-4-7-13(12)18-9-5-8-17-18/h3-9,16,20H,10-11H2,1-2H3. The molecule has 21 heavy (non-hydrogen) atoms. The topological polar surface area (TPSA) is 76.4 Å². The summed E-state index contributed by atoms with van der Waals surface area (Å²) in [6.07, 6.45) is 3.58. The number of nitrogens with one attached hydrogen (secondary N) is 1. The summed E-state index contributed by atoms with van der Waals surface area (Å²) in [7, 11) is 1.25. The third kappa shape index (κ3) is 3.68. The van der Waals surface area contributed by atoms with Crippen LogP contribution < -0.4 is 5.32 Å². The monoisotopic (exact) mass is 289 g/mol. The fourth-order valence-corrected chi connectivity index (χ4v) is 2.03. The van der Waals surface area contributed by atoms with E-state index in [4.69, 9.17) is 0 Å². The van der Waals surface area contributed by atoms with Gasteiger partial charge in [-0.3, -0.25) is 0 Å². The van der Waals surface area contributed by atoms with Crippen molar-refractivity contribution in [1.29, 1.82) is 0 Å². The van der Waals surface area contributed by atoms with Gasteiger partial charge >= 0.3 is 5.97 Å². The average molecular weight is 289 g/mol. The first-order chi connectivity index (χ1) is 10.0. The van der Waals surface area contributed by atoms with Gasteiger partial charge in [0.05, 0.1) is 12.8 Å². The highest BCUT2D eigenvalue weighted by molar-refractivity contribution is 5.78. The molecule has 2 N–H and O–H groups in total. The highest BCUT2D eigenvalue weighted by Crippen LogP contribution is 2.13. The molecule has 0 aliphatic carbocycles. The van der Waals surface area contributed by atoms with Gasteiger partial charge in [-0.1, -0.05) is 18.2 Å². The zero-order valence-corrected chi connectivity index (χ0v) is 12.1. The zero-order valence-electron chi connectivity index (χ0n) is 12.1. The summed E-state index contributed by atoms with van der Waals surface area (Å²) < 4.78 is 6.33. The highest BCUT2D eigenvalue weighted by atomic mass is 16.5. The molecule has 2 rings (SSSR count). The van der Waals surface area contributed by atoms with Gasteiger partial charge in [-0.05, 0) is 24.6 Å². The normalized spacial score (nSPS) is 13.7. The maximum Gasteiger partial charge on any atom is 0.338 e. The number of ether oxygens (including phenoxy) is 1. The molecular weight excluding hydrogens is 270 g/mol. The predicted octanol–water partition coefficient (Wildman–Crippen LogP) is 0.886. The van der Waals surface area contributed by atoms with Crippen LogP contribution in [0.4, 0.5) is 0 Å². The molecule has 0 radical (unpaired) electrons. The fraction of sp³-hybridized carbons (Fsp3) is 0.333. The minimum atomic E-state index is -1.55. The Bertz CT molecular complexity index is 594. The first kappa shape index (κ1) is 15.2. The van der Waals surface area contributed by atoms with Crippen LogP contribution in [0.25, 0.3) is 5.69 Å². The molecule has 0 spiro atoms. The molecule has 0 aliphatic rings. The lowest BCUT2D eigenvalue weighted by molar-refractivity contribution is -0.159. The number of hydrogen-bond acceptors (Lipinski definition) is 5. The Labute approximate surface area is 123 Å². The van der Waals surface area contributed by atoms with Gasteiger partial charge in [0.2, 0.25) is 0 Å². The number of methoxy groups -OCH3 is 1. The van der Waals surface area contributed by atoms with Gasteiger partial charge in [0.15, 0.2) is 5.60 Å². The average Bonchev–Trinajstić information content (AvgIpc) is 3.00. The Morgan fingerprint density at radius 2 is 2.19 bits per heavy atom. The number of para-hydroxylation sites is 1. The molecule has 2 aromatic rings. The molecule has 112 valence electrons. The molecule has 0 bridgehead atoms. The van der Waals surface area contributed by atoms with Crippen LogP contribution in [-0.4, -0.2) is 40.1 Å². The minimum absolute atomic E-state index is 0.104. The summed E-state index contributed by atoms with van der Waals surface area (Å²) in [5, 5.41) is 17.2. The van der Waals surface area contributed by atoms with E-state index < -0.39 is 11.6 Å². The van der Waals surface area contributed by atoms with Crippen molar-refractivity contribution in [2.75, 3.05) is 13.7 Å². The van der Waals surface area contributed by atoms with Gasteiger partial charge < -0.3 is 15.2 Å². The third-order valence-electron chi connectivity index (χ3n) is 3.15. The number of carbonyl (C=O) groups excluding carboxylic acids is 1. The molecule has 1 heterocycles. The van der Waals surface area contributed by atoms with Crippen LogP contribution in [0, 0.1) is 0 Å². The molecule has 6 heteroatoms.